The third-order valence-corrected chi connectivity index (χ3v) is 4.35. The fraction of sp³-hybridized carbons (Fsp3) is 0.818. The Balaban J connectivity index is 1.85. The summed E-state index contributed by atoms with van der Waals surface area (Å²) in [4.78, 5) is 2.40. The molecule has 0 unspecified atom stereocenters. The number of likely N-dealkylation sites (tertiary alicyclic amines) is 1. The van der Waals surface area contributed by atoms with Crippen LogP contribution in [0.15, 0.2) is 5.38 Å². The van der Waals surface area contributed by atoms with Crippen molar-refractivity contribution in [3.05, 3.63) is 11.1 Å². The molecule has 1 aliphatic rings. The maximum absolute atomic E-state index is 9.45. The molecule has 1 aromatic heterocycles. The van der Waals surface area contributed by atoms with Crippen molar-refractivity contribution in [1.29, 1.82) is 0 Å². The van der Waals surface area contributed by atoms with Crippen molar-refractivity contribution in [2.24, 2.45) is 5.41 Å². The van der Waals surface area contributed by atoms with Crippen LogP contribution in [0.4, 0.5) is 0 Å². The van der Waals surface area contributed by atoms with Gasteiger partial charge in [-0.15, -0.1) is 5.10 Å². The molecule has 0 aromatic carbocycles. The average Bonchev–Trinajstić information content (AvgIpc) is 2.83. The highest BCUT2D eigenvalue weighted by Gasteiger charge is 2.32. The number of piperidine rings is 1. The molecule has 90 valence electrons. The van der Waals surface area contributed by atoms with Gasteiger partial charge in [-0.25, -0.2) is 0 Å². The molecule has 1 aromatic rings. The van der Waals surface area contributed by atoms with Gasteiger partial charge in [0.1, 0.15) is 0 Å². The molecule has 2 rings (SSSR count). The van der Waals surface area contributed by atoms with Gasteiger partial charge in [0, 0.05) is 18.5 Å². The van der Waals surface area contributed by atoms with E-state index in [2.05, 4.69) is 21.4 Å². The Bertz CT molecular complexity index is 301. The third-order valence-electron chi connectivity index (χ3n) is 3.79. The number of rotatable bonds is 4. The first-order valence-corrected chi connectivity index (χ1v) is 6.71. The number of nitrogens with zero attached hydrogens (tertiary/aromatic N) is 3. The summed E-state index contributed by atoms with van der Waals surface area (Å²) >= 11 is 1.41. The molecule has 0 atom stereocenters. The first kappa shape index (κ1) is 12.0. The molecular formula is C11H19N3OS. The van der Waals surface area contributed by atoms with Gasteiger partial charge in [0.05, 0.1) is 5.69 Å². The summed E-state index contributed by atoms with van der Waals surface area (Å²) in [5.41, 5.74) is 1.24. The molecule has 2 heterocycles. The molecule has 0 spiro atoms. The average molecular weight is 241 g/mol. The highest BCUT2D eigenvalue weighted by atomic mass is 32.1. The lowest BCUT2D eigenvalue weighted by molar-refractivity contribution is 0.0378. The fourth-order valence-corrected chi connectivity index (χ4v) is 2.73. The molecule has 0 saturated carbocycles. The van der Waals surface area contributed by atoms with Crippen molar-refractivity contribution in [3.63, 3.8) is 0 Å². The standard InChI is InChI=1S/C11H19N3OS/c1-2-11(9-15)3-5-14(6-4-11)7-10-8-16-13-12-10/h8,15H,2-7,9H2,1H3. The van der Waals surface area contributed by atoms with E-state index < -0.39 is 0 Å². The summed E-state index contributed by atoms with van der Waals surface area (Å²) < 4.78 is 3.87. The summed E-state index contributed by atoms with van der Waals surface area (Å²) in [6.45, 7) is 5.53. The van der Waals surface area contributed by atoms with E-state index in [0.717, 1.165) is 44.6 Å². The number of aliphatic hydroxyl groups is 1. The predicted molar refractivity (Wildman–Crippen MR) is 64.2 cm³/mol. The minimum atomic E-state index is 0.177. The van der Waals surface area contributed by atoms with Crippen LogP contribution < -0.4 is 0 Å². The second kappa shape index (κ2) is 5.21. The minimum Gasteiger partial charge on any atom is -0.396 e. The summed E-state index contributed by atoms with van der Waals surface area (Å²) in [6, 6.07) is 0. The maximum atomic E-state index is 9.45. The van der Waals surface area contributed by atoms with Gasteiger partial charge in [0.15, 0.2) is 0 Å². The van der Waals surface area contributed by atoms with Gasteiger partial charge in [0.25, 0.3) is 0 Å². The normalized spacial score (nSPS) is 21.1. The van der Waals surface area contributed by atoms with Crippen LogP contribution in [0.2, 0.25) is 0 Å². The number of hydrogen-bond acceptors (Lipinski definition) is 5. The van der Waals surface area contributed by atoms with Crippen LogP contribution in [0, 0.1) is 5.41 Å². The smallest absolute Gasteiger partial charge is 0.0895 e. The summed E-state index contributed by atoms with van der Waals surface area (Å²) in [5, 5.41) is 15.5. The molecular weight excluding hydrogens is 222 g/mol. The molecule has 5 heteroatoms. The van der Waals surface area contributed by atoms with Crippen molar-refractivity contribution < 1.29 is 5.11 Å². The molecule has 4 nitrogen and oxygen atoms in total. The van der Waals surface area contributed by atoms with Crippen LogP contribution >= 0.6 is 11.5 Å². The lowest BCUT2D eigenvalue weighted by Gasteiger charge is -2.39. The van der Waals surface area contributed by atoms with E-state index in [1.807, 2.05) is 5.38 Å². The van der Waals surface area contributed by atoms with Crippen molar-refractivity contribution >= 4 is 11.5 Å². The van der Waals surface area contributed by atoms with Crippen molar-refractivity contribution in [2.45, 2.75) is 32.7 Å². The van der Waals surface area contributed by atoms with E-state index in [1.54, 1.807) is 0 Å². The van der Waals surface area contributed by atoms with Gasteiger partial charge in [-0.05, 0) is 49.3 Å². The highest BCUT2D eigenvalue weighted by molar-refractivity contribution is 7.03. The SMILES string of the molecule is CCC1(CO)CCN(Cc2csnn2)CC1. The second-order valence-corrected chi connectivity index (χ2v) is 5.29. The Morgan fingerprint density at radius 3 is 2.75 bits per heavy atom. The number of aromatic nitrogens is 2. The van der Waals surface area contributed by atoms with E-state index >= 15 is 0 Å². The van der Waals surface area contributed by atoms with Gasteiger partial charge < -0.3 is 5.11 Å². The molecule has 16 heavy (non-hydrogen) atoms. The van der Waals surface area contributed by atoms with Gasteiger partial charge in [0.2, 0.25) is 0 Å². The second-order valence-electron chi connectivity index (χ2n) is 4.68. The van der Waals surface area contributed by atoms with Gasteiger partial charge in [-0.1, -0.05) is 11.4 Å². The zero-order chi connectivity index (χ0) is 11.4. The molecule has 0 aliphatic carbocycles. The van der Waals surface area contributed by atoms with Crippen molar-refractivity contribution in [2.75, 3.05) is 19.7 Å². The van der Waals surface area contributed by atoms with Gasteiger partial charge in [-0.2, -0.15) is 0 Å². The van der Waals surface area contributed by atoms with E-state index in [4.69, 9.17) is 0 Å². The Labute approximate surface area is 100 Å². The molecule has 1 saturated heterocycles. The largest absolute Gasteiger partial charge is 0.396 e. The molecule has 1 fully saturated rings. The first-order chi connectivity index (χ1) is 7.78. The maximum Gasteiger partial charge on any atom is 0.0895 e. The Morgan fingerprint density at radius 1 is 1.50 bits per heavy atom. The number of hydrogen-bond donors (Lipinski definition) is 1. The molecule has 0 bridgehead atoms. The molecule has 1 aliphatic heterocycles. The zero-order valence-electron chi connectivity index (χ0n) is 9.72. The van der Waals surface area contributed by atoms with E-state index in [-0.39, 0.29) is 5.41 Å². The first-order valence-electron chi connectivity index (χ1n) is 5.87. The lowest BCUT2D eigenvalue weighted by atomic mass is 9.77. The van der Waals surface area contributed by atoms with Crippen molar-refractivity contribution in [1.82, 2.24) is 14.5 Å². The summed E-state index contributed by atoms with van der Waals surface area (Å²) in [5.74, 6) is 0. The zero-order valence-corrected chi connectivity index (χ0v) is 10.5. The summed E-state index contributed by atoms with van der Waals surface area (Å²) in [6.07, 6.45) is 3.27. The van der Waals surface area contributed by atoms with Crippen LogP contribution in [0.3, 0.4) is 0 Å². The molecule has 0 radical (unpaired) electrons. The van der Waals surface area contributed by atoms with E-state index in [0.29, 0.717) is 6.61 Å². The lowest BCUT2D eigenvalue weighted by Crippen LogP contribution is -2.41. The van der Waals surface area contributed by atoms with Crippen LogP contribution in [-0.4, -0.2) is 39.3 Å². The monoisotopic (exact) mass is 241 g/mol. The van der Waals surface area contributed by atoms with Crippen LogP contribution in [0.25, 0.3) is 0 Å². The molecule has 1 N–H and O–H groups in total. The van der Waals surface area contributed by atoms with Gasteiger partial charge >= 0.3 is 0 Å². The van der Waals surface area contributed by atoms with Crippen LogP contribution in [0.1, 0.15) is 31.9 Å². The van der Waals surface area contributed by atoms with E-state index in [9.17, 15) is 5.11 Å². The Kier molecular flexibility index (Phi) is 3.89. The third kappa shape index (κ3) is 2.59. The topological polar surface area (TPSA) is 49.2 Å². The quantitative estimate of drug-likeness (QED) is 0.868. The van der Waals surface area contributed by atoms with E-state index in [1.165, 1.54) is 11.5 Å². The summed E-state index contributed by atoms with van der Waals surface area (Å²) in [7, 11) is 0. The molecule has 0 amide bonds. The van der Waals surface area contributed by atoms with Gasteiger partial charge in [-0.3, -0.25) is 4.90 Å². The van der Waals surface area contributed by atoms with Crippen LogP contribution in [0.5, 0.6) is 0 Å². The Morgan fingerprint density at radius 2 is 2.25 bits per heavy atom. The predicted octanol–water partition coefficient (Wildman–Crippen LogP) is 1.52. The Hall–Kier alpha value is -0.520. The number of aliphatic hydroxyl groups excluding tert-OH is 1. The van der Waals surface area contributed by atoms with Crippen LogP contribution in [-0.2, 0) is 6.54 Å². The van der Waals surface area contributed by atoms with Crippen molar-refractivity contribution in [3.8, 4) is 0 Å². The minimum absolute atomic E-state index is 0.177. The highest BCUT2D eigenvalue weighted by Crippen LogP contribution is 2.34. The fourth-order valence-electron chi connectivity index (χ4n) is 2.29.